The minimum atomic E-state index is -0.588. The second kappa shape index (κ2) is 7.94. The van der Waals surface area contributed by atoms with Gasteiger partial charge in [0.2, 0.25) is 5.91 Å². The van der Waals surface area contributed by atoms with Gasteiger partial charge in [0, 0.05) is 13.0 Å². The maximum absolute atomic E-state index is 13.3. The molecule has 1 aromatic rings. The topological polar surface area (TPSA) is 49.3 Å². The fraction of sp³-hybridized carbons (Fsp3) is 0.533. The lowest BCUT2D eigenvalue weighted by atomic mass is 10.0. The summed E-state index contributed by atoms with van der Waals surface area (Å²) in [5.41, 5.74) is 0.183. The van der Waals surface area contributed by atoms with Gasteiger partial charge in [-0.25, -0.2) is 8.78 Å². The number of amides is 1. The van der Waals surface area contributed by atoms with Crippen LogP contribution in [0.1, 0.15) is 32.3 Å². The molecule has 0 spiro atoms. The van der Waals surface area contributed by atoms with Crippen LogP contribution >= 0.6 is 0 Å². The van der Waals surface area contributed by atoms with Gasteiger partial charge in [0.05, 0.1) is 6.10 Å². The zero-order valence-corrected chi connectivity index (χ0v) is 11.8. The van der Waals surface area contributed by atoms with E-state index in [1.54, 1.807) is 0 Å². The van der Waals surface area contributed by atoms with Crippen LogP contribution in [0.2, 0.25) is 0 Å². The lowest BCUT2D eigenvalue weighted by Crippen LogP contribution is -2.35. The SMILES string of the molecule is CCC(C)C(O)CNC(=O)CCc1cc(F)ccc1F. The molecule has 0 heterocycles. The Bertz CT molecular complexity index is 451. The summed E-state index contributed by atoms with van der Waals surface area (Å²) in [7, 11) is 0. The molecule has 1 aromatic carbocycles. The van der Waals surface area contributed by atoms with E-state index in [4.69, 9.17) is 0 Å². The molecular formula is C15H21F2NO2. The quantitative estimate of drug-likeness (QED) is 0.808. The summed E-state index contributed by atoms with van der Waals surface area (Å²) in [5.74, 6) is -1.21. The number of hydrogen-bond acceptors (Lipinski definition) is 2. The average Bonchev–Trinajstić information content (AvgIpc) is 2.44. The molecule has 112 valence electrons. The largest absolute Gasteiger partial charge is 0.391 e. The molecule has 2 N–H and O–H groups in total. The maximum atomic E-state index is 13.3. The van der Waals surface area contributed by atoms with Crippen LogP contribution in [0.4, 0.5) is 8.78 Å². The minimum Gasteiger partial charge on any atom is -0.391 e. The van der Waals surface area contributed by atoms with Gasteiger partial charge in [-0.1, -0.05) is 20.3 Å². The molecule has 2 atom stereocenters. The number of aliphatic hydroxyl groups is 1. The van der Waals surface area contributed by atoms with Crippen LogP contribution in [-0.4, -0.2) is 23.7 Å². The van der Waals surface area contributed by atoms with E-state index < -0.39 is 17.7 Å². The van der Waals surface area contributed by atoms with E-state index in [9.17, 15) is 18.7 Å². The zero-order valence-electron chi connectivity index (χ0n) is 11.8. The lowest BCUT2D eigenvalue weighted by molar-refractivity contribution is -0.121. The first-order valence-electron chi connectivity index (χ1n) is 6.82. The van der Waals surface area contributed by atoms with Crippen molar-refractivity contribution in [3.05, 3.63) is 35.4 Å². The minimum absolute atomic E-state index is 0.0631. The Morgan fingerprint density at radius 2 is 2.10 bits per heavy atom. The second-order valence-electron chi connectivity index (χ2n) is 4.99. The van der Waals surface area contributed by atoms with Crippen LogP contribution in [-0.2, 0) is 11.2 Å². The Balaban J connectivity index is 2.38. The van der Waals surface area contributed by atoms with Crippen molar-refractivity contribution < 1.29 is 18.7 Å². The Kier molecular flexibility index (Phi) is 6.58. The number of aryl methyl sites for hydroxylation is 1. The van der Waals surface area contributed by atoms with Crippen LogP contribution in [0.15, 0.2) is 18.2 Å². The van der Waals surface area contributed by atoms with Crippen molar-refractivity contribution in [2.75, 3.05) is 6.54 Å². The molecule has 3 nitrogen and oxygen atoms in total. The molecule has 0 aliphatic rings. The molecule has 0 aliphatic carbocycles. The highest BCUT2D eigenvalue weighted by atomic mass is 19.1. The molecule has 20 heavy (non-hydrogen) atoms. The first-order chi connectivity index (χ1) is 9.43. The summed E-state index contributed by atoms with van der Waals surface area (Å²) in [6.45, 7) is 4.04. The van der Waals surface area contributed by atoms with Crippen molar-refractivity contribution in [3.63, 3.8) is 0 Å². The van der Waals surface area contributed by atoms with Crippen molar-refractivity contribution in [2.45, 2.75) is 39.2 Å². The van der Waals surface area contributed by atoms with E-state index in [0.29, 0.717) is 0 Å². The molecule has 2 unspecified atom stereocenters. The monoisotopic (exact) mass is 285 g/mol. The van der Waals surface area contributed by atoms with Crippen LogP contribution in [0.25, 0.3) is 0 Å². The third-order valence-electron chi connectivity index (χ3n) is 3.44. The Morgan fingerprint density at radius 3 is 2.75 bits per heavy atom. The van der Waals surface area contributed by atoms with Gasteiger partial charge < -0.3 is 10.4 Å². The highest BCUT2D eigenvalue weighted by molar-refractivity contribution is 5.76. The summed E-state index contributed by atoms with van der Waals surface area (Å²) < 4.78 is 26.3. The molecule has 0 radical (unpaired) electrons. The van der Waals surface area contributed by atoms with Gasteiger partial charge in [0.1, 0.15) is 11.6 Å². The number of carbonyl (C=O) groups is 1. The van der Waals surface area contributed by atoms with E-state index in [1.807, 2.05) is 13.8 Å². The first kappa shape index (κ1) is 16.6. The predicted molar refractivity (Wildman–Crippen MR) is 73.2 cm³/mol. The Morgan fingerprint density at radius 1 is 1.40 bits per heavy atom. The molecule has 0 saturated carbocycles. The van der Waals surface area contributed by atoms with Gasteiger partial charge in [-0.05, 0) is 36.1 Å². The summed E-state index contributed by atoms with van der Waals surface area (Å²) >= 11 is 0. The predicted octanol–water partition coefficient (Wildman–Crippen LogP) is 2.42. The first-order valence-corrected chi connectivity index (χ1v) is 6.82. The Hall–Kier alpha value is -1.49. The van der Waals surface area contributed by atoms with E-state index >= 15 is 0 Å². The number of benzene rings is 1. The third-order valence-corrected chi connectivity index (χ3v) is 3.44. The van der Waals surface area contributed by atoms with Gasteiger partial charge in [-0.2, -0.15) is 0 Å². The fourth-order valence-corrected chi connectivity index (χ4v) is 1.76. The average molecular weight is 285 g/mol. The van der Waals surface area contributed by atoms with E-state index in [2.05, 4.69) is 5.32 Å². The third kappa shape index (κ3) is 5.25. The molecule has 0 fully saturated rings. The van der Waals surface area contributed by atoms with Gasteiger partial charge in [0.25, 0.3) is 0 Å². The highest BCUT2D eigenvalue weighted by Gasteiger charge is 2.13. The molecule has 0 aliphatic heterocycles. The molecule has 1 rings (SSSR count). The summed E-state index contributed by atoms with van der Waals surface area (Å²) in [4.78, 5) is 11.6. The van der Waals surface area contributed by atoms with E-state index in [1.165, 1.54) is 0 Å². The van der Waals surface area contributed by atoms with Crippen molar-refractivity contribution in [3.8, 4) is 0 Å². The van der Waals surface area contributed by atoms with Crippen molar-refractivity contribution in [1.82, 2.24) is 5.32 Å². The van der Waals surface area contributed by atoms with Crippen LogP contribution in [0.3, 0.4) is 0 Å². The maximum Gasteiger partial charge on any atom is 0.220 e. The standard InChI is InChI=1S/C15H21F2NO2/c1-3-10(2)14(19)9-18-15(20)7-4-11-8-12(16)5-6-13(11)17/h5-6,8,10,14,19H,3-4,7,9H2,1-2H3,(H,18,20). The molecule has 5 heteroatoms. The van der Waals surface area contributed by atoms with E-state index in [0.717, 1.165) is 24.6 Å². The number of halogens is 2. The second-order valence-corrected chi connectivity index (χ2v) is 4.99. The molecular weight excluding hydrogens is 264 g/mol. The smallest absolute Gasteiger partial charge is 0.220 e. The number of rotatable bonds is 7. The van der Waals surface area contributed by atoms with Gasteiger partial charge in [-0.15, -0.1) is 0 Å². The van der Waals surface area contributed by atoms with Gasteiger partial charge in [-0.3, -0.25) is 4.79 Å². The number of nitrogens with one attached hydrogen (secondary N) is 1. The van der Waals surface area contributed by atoms with Crippen LogP contribution in [0.5, 0.6) is 0 Å². The van der Waals surface area contributed by atoms with Crippen molar-refractivity contribution in [2.24, 2.45) is 5.92 Å². The molecule has 1 amide bonds. The summed E-state index contributed by atoms with van der Waals surface area (Å²) in [6, 6.07) is 3.19. The Labute approximate surface area is 118 Å². The van der Waals surface area contributed by atoms with Gasteiger partial charge >= 0.3 is 0 Å². The zero-order chi connectivity index (χ0) is 15.1. The molecule has 0 saturated heterocycles. The molecule has 0 aromatic heterocycles. The fourth-order valence-electron chi connectivity index (χ4n) is 1.76. The number of carbonyl (C=O) groups excluding carboxylic acids is 1. The summed E-state index contributed by atoms with van der Waals surface area (Å²) in [6.07, 6.45) is 0.434. The number of aliphatic hydroxyl groups excluding tert-OH is 1. The highest BCUT2D eigenvalue weighted by Crippen LogP contribution is 2.12. The van der Waals surface area contributed by atoms with Crippen LogP contribution in [0, 0.1) is 17.6 Å². The lowest BCUT2D eigenvalue weighted by Gasteiger charge is -2.17. The van der Waals surface area contributed by atoms with Crippen molar-refractivity contribution in [1.29, 1.82) is 0 Å². The summed E-state index contributed by atoms with van der Waals surface area (Å²) in [5, 5.41) is 12.3. The molecule has 0 bridgehead atoms. The normalized spacial score (nSPS) is 13.8. The van der Waals surface area contributed by atoms with Gasteiger partial charge in [0.15, 0.2) is 0 Å². The van der Waals surface area contributed by atoms with Crippen molar-refractivity contribution >= 4 is 5.91 Å². The van der Waals surface area contributed by atoms with Crippen LogP contribution < -0.4 is 5.32 Å². The number of hydrogen-bond donors (Lipinski definition) is 2. The van der Waals surface area contributed by atoms with E-state index in [-0.39, 0.29) is 36.8 Å².